The summed E-state index contributed by atoms with van der Waals surface area (Å²) in [6, 6.07) is 3.75. The van der Waals surface area contributed by atoms with Gasteiger partial charge in [-0.2, -0.15) is 13.2 Å². The van der Waals surface area contributed by atoms with Crippen molar-refractivity contribution in [3.63, 3.8) is 0 Å². The Balaban J connectivity index is 1.78. The second-order valence-corrected chi connectivity index (χ2v) is 6.82. The van der Waals surface area contributed by atoms with Crippen molar-refractivity contribution in [3.8, 4) is 0 Å². The highest BCUT2D eigenvalue weighted by Crippen LogP contribution is 2.41. The van der Waals surface area contributed by atoms with Gasteiger partial charge in [0, 0.05) is 25.4 Å². The van der Waals surface area contributed by atoms with Crippen molar-refractivity contribution >= 4 is 22.7 Å². The minimum absolute atomic E-state index is 0.422. The van der Waals surface area contributed by atoms with Crippen LogP contribution in [0, 0.1) is 0 Å². The monoisotopic (exact) mass is 341 g/mol. The van der Waals surface area contributed by atoms with Crippen molar-refractivity contribution in [2.75, 3.05) is 24.3 Å². The van der Waals surface area contributed by atoms with Crippen molar-refractivity contribution < 1.29 is 13.2 Å². The summed E-state index contributed by atoms with van der Waals surface area (Å²) in [4.78, 5) is 6.34. The van der Waals surface area contributed by atoms with Gasteiger partial charge in [0.15, 0.2) is 0 Å². The molecule has 0 amide bonds. The lowest BCUT2D eigenvalue weighted by atomic mass is 10.1. The Labute approximate surface area is 137 Å². The molecule has 0 unspecified atom stereocenters. The zero-order chi connectivity index (χ0) is 16.6. The van der Waals surface area contributed by atoms with Crippen molar-refractivity contribution in [2.24, 2.45) is 0 Å². The highest BCUT2D eigenvalue weighted by Gasteiger charge is 2.31. The average molecular weight is 341 g/mol. The number of halogens is 3. The molecule has 1 aliphatic carbocycles. The number of alkyl halides is 3. The van der Waals surface area contributed by atoms with Gasteiger partial charge in [0.25, 0.3) is 0 Å². The van der Waals surface area contributed by atoms with E-state index in [4.69, 9.17) is 0 Å². The number of nitrogens with one attached hydrogen (secondary N) is 1. The van der Waals surface area contributed by atoms with Gasteiger partial charge in [-0.1, -0.05) is 0 Å². The normalized spacial score (nSPS) is 14.8. The quantitative estimate of drug-likeness (QED) is 0.853. The van der Waals surface area contributed by atoms with Gasteiger partial charge in [-0.3, -0.25) is 0 Å². The molecule has 0 spiro atoms. The molecule has 1 heterocycles. The predicted molar refractivity (Wildman–Crippen MR) is 87.2 cm³/mol. The highest BCUT2D eigenvalue weighted by molar-refractivity contribution is 7.09. The second-order valence-electron chi connectivity index (χ2n) is 5.93. The Morgan fingerprint density at radius 2 is 2.04 bits per heavy atom. The second kappa shape index (κ2) is 6.03. The molecule has 23 heavy (non-hydrogen) atoms. The average Bonchev–Trinajstić information content (AvgIpc) is 3.23. The molecule has 1 N–H and O–H groups in total. The molecule has 1 saturated carbocycles. The zero-order valence-electron chi connectivity index (χ0n) is 12.9. The van der Waals surface area contributed by atoms with Crippen molar-refractivity contribution in [1.82, 2.24) is 4.98 Å². The summed E-state index contributed by atoms with van der Waals surface area (Å²) in [5, 5.41) is 6.21. The molecule has 3 rings (SSSR count). The summed E-state index contributed by atoms with van der Waals surface area (Å²) in [5.74, 6) is 0.597. The van der Waals surface area contributed by atoms with Gasteiger partial charge in [-0.05, 0) is 31.0 Å². The van der Waals surface area contributed by atoms with E-state index in [1.165, 1.54) is 18.9 Å². The first-order chi connectivity index (χ1) is 10.8. The number of hydrogen-bond acceptors (Lipinski definition) is 4. The maximum atomic E-state index is 12.9. The lowest BCUT2D eigenvalue weighted by Gasteiger charge is -2.20. The standard InChI is InChI=1S/C16H18F3N3S/c1-22(2)14-6-5-11(16(17,18)19)7-13(14)20-8-12-9-23-15(21-12)10-3-4-10/h5-7,9-10,20H,3-4,8H2,1-2H3. The molecule has 0 bridgehead atoms. The molecule has 1 aromatic heterocycles. The molecule has 1 aliphatic rings. The Morgan fingerprint density at radius 3 is 2.65 bits per heavy atom. The first-order valence-corrected chi connectivity index (χ1v) is 8.29. The SMILES string of the molecule is CN(C)c1ccc(C(F)(F)F)cc1NCc1csc(C2CC2)n1. The van der Waals surface area contributed by atoms with Gasteiger partial charge in [0.1, 0.15) is 0 Å². The lowest BCUT2D eigenvalue weighted by molar-refractivity contribution is -0.137. The molecule has 3 nitrogen and oxygen atoms in total. The van der Waals surface area contributed by atoms with Crippen LogP contribution >= 0.6 is 11.3 Å². The summed E-state index contributed by atoms with van der Waals surface area (Å²) >= 11 is 1.63. The largest absolute Gasteiger partial charge is 0.416 e. The fraction of sp³-hybridized carbons (Fsp3) is 0.438. The molecular weight excluding hydrogens is 323 g/mol. The van der Waals surface area contributed by atoms with Gasteiger partial charge in [-0.25, -0.2) is 4.98 Å². The molecule has 0 aliphatic heterocycles. The van der Waals surface area contributed by atoms with E-state index in [9.17, 15) is 13.2 Å². The molecule has 7 heteroatoms. The molecule has 124 valence electrons. The smallest absolute Gasteiger partial charge is 0.378 e. The van der Waals surface area contributed by atoms with E-state index in [0.29, 0.717) is 18.2 Å². The topological polar surface area (TPSA) is 28.2 Å². The van der Waals surface area contributed by atoms with Crippen molar-refractivity contribution in [3.05, 3.63) is 39.8 Å². The number of anilines is 2. The van der Waals surface area contributed by atoms with Crippen LogP contribution in [0.5, 0.6) is 0 Å². The molecule has 1 fully saturated rings. The molecule has 0 saturated heterocycles. The first kappa shape index (κ1) is 16.1. The number of thiazole rings is 1. The number of hydrogen-bond donors (Lipinski definition) is 1. The maximum absolute atomic E-state index is 12.9. The zero-order valence-corrected chi connectivity index (χ0v) is 13.8. The highest BCUT2D eigenvalue weighted by atomic mass is 32.1. The van der Waals surface area contributed by atoms with Crippen LogP contribution < -0.4 is 10.2 Å². The van der Waals surface area contributed by atoms with Crippen LogP contribution in [0.2, 0.25) is 0 Å². The number of aromatic nitrogens is 1. The fourth-order valence-corrected chi connectivity index (χ4v) is 3.34. The van der Waals surface area contributed by atoms with Gasteiger partial charge in [0.2, 0.25) is 0 Å². The maximum Gasteiger partial charge on any atom is 0.416 e. The Morgan fingerprint density at radius 1 is 1.30 bits per heavy atom. The fourth-order valence-electron chi connectivity index (χ4n) is 2.35. The van der Waals surface area contributed by atoms with E-state index >= 15 is 0 Å². The molecular formula is C16H18F3N3S. The van der Waals surface area contributed by atoms with Crippen molar-refractivity contribution in [1.29, 1.82) is 0 Å². The van der Waals surface area contributed by atoms with E-state index in [1.54, 1.807) is 16.2 Å². The lowest BCUT2D eigenvalue weighted by Crippen LogP contribution is -2.14. The number of nitrogens with zero attached hydrogens (tertiary/aromatic N) is 2. The molecule has 0 atom stereocenters. The third-order valence-corrected chi connectivity index (χ3v) is 4.82. The minimum Gasteiger partial charge on any atom is -0.378 e. The van der Waals surface area contributed by atoms with E-state index < -0.39 is 11.7 Å². The predicted octanol–water partition coefficient (Wildman–Crippen LogP) is 4.72. The van der Waals surface area contributed by atoms with Gasteiger partial charge < -0.3 is 10.2 Å². The van der Waals surface area contributed by atoms with E-state index in [-0.39, 0.29) is 0 Å². The summed E-state index contributed by atoms with van der Waals surface area (Å²) < 4.78 is 38.7. The van der Waals surface area contributed by atoms with Gasteiger partial charge in [-0.15, -0.1) is 11.3 Å². The van der Waals surface area contributed by atoms with Crippen molar-refractivity contribution in [2.45, 2.75) is 31.5 Å². The number of rotatable bonds is 5. The van der Waals surface area contributed by atoms with E-state index in [2.05, 4.69) is 10.3 Å². The van der Waals surface area contributed by atoms with Crippen LogP contribution in [0.25, 0.3) is 0 Å². The Hall–Kier alpha value is -1.76. The van der Waals surface area contributed by atoms with E-state index in [0.717, 1.165) is 28.5 Å². The molecule has 1 aromatic carbocycles. The third kappa shape index (κ3) is 3.77. The van der Waals surface area contributed by atoms with Gasteiger partial charge in [0.05, 0.1) is 34.2 Å². The molecule has 0 radical (unpaired) electrons. The third-order valence-electron chi connectivity index (χ3n) is 3.76. The van der Waals surface area contributed by atoms with Crippen LogP contribution in [0.1, 0.15) is 35.0 Å². The number of benzene rings is 1. The minimum atomic E-state index is -4.35. The van der Waals surface area contributed by atoms with Crippen LogP contribution in [-0.2, 0) is 12.7 Å². The van der Waals surface area contributed by atoms with E-state index in [1.807, 2.05) is 19.5 Å². The van der Waals surface area contributed by atoms with Gasteiger partial charge >= 0.3 is 6.18 Å². The summed E-state index contributed by atoms with van der Waals surface area (Å²) in [6.45, 7) is 0.422. The van der Waals surface area contributed by atoms with Crippen LogP contribution in [0.4, 0.5) is 24.5 Å². The Bertz CT molecular complexity index is 690. The first-order valence-electron chi connectivity index (χ1n) is 7.41. The molecule has 2 aromatic rings. The van der Waals surface area contributed by atoms with Crippen LogP contribution in [0.3, 0.4) is 0 Å². The van der Waals surface area contributed by atoms with Crippen LogP contribution in [-0.4, -0.2) is 19.1 Å². The summed E-state index contributed by atoms with van der Waals surface area (Å²) in [7, 11) is 3.61. The van der Waals surface area contributed by atoms with Crippen LogP contribution in [0.15, 0.2) is 23.6 Å². The Kier molecular flexibility index (Phi) is 4.23. The summed E-state index contributed by atoms with van der Waals surface area (Å²) in [5.41, 5.74) is 1.41. The summed E-state index contributed by atoms with van der Waals surface area (Å²) in [6.07, 6.45) is -1.96.